The van der Waals surface area contributed by atoms with E-state index >= 15 is 0 Å². The first kappa shape index (κ1) is 16.0. The van der Waals surface area contributed by atoms with E-state index in [0.29, 0.717) is 22.3 Å². The summed E-state index contributed by atoms with van der Waals surface area (Å²) in [5.41, 5.74) is 1.84. The first-order chi connectivity index (χ1) is 12.6. The van der Waals surface area contributed by atoms with Gasteiger partial charge in [0.25, 0.3) is 11.8 Å². The van der Waals surface area contributed by atoms with Crippen LogP contribution in [0, 0.1) is 0 Å². The molecule has 4 rings (SSSR count). The molecule has 2 heterocycles. The van der Waals surface area contributed by atoms with Gasteiger partial charge in [0.2, 0.25) is 5.91 Å². The van der Waals surface area contributed by atoms with Gasteiger partial charge in [-0.25, -0.2) is 0 Å². The average molecular weight is 345 g/mol. The zero-order valence-corrected chi connectivity index (χ0v) is 14.0. The van der Waals surface area contributed by atoms with Crippen LogP contribution in [0.25, 0.3) is 10.9 Å². The number of benzene rings is 2. The van der Waals surface area contributed by atoms with Gasteiger partial charge < -0.3 is 5.32 Å². The van der Waals surface area contributed by atoms with Gasteiger partial charge in [-0.1, -0.05) is 30.3 Å². The van der Waals surface area contributed by atoms with Crippen LogP contribution in [0.4, 0.5) is 5.69 Å². The number of amides is 3. The molecule has 0 radical (unpaired) electrons. The third-order valence-corrected chi connectivity index (χ3v) is 4.48. The number of para-hydroxylation sites is 1. The Morgan fingerprint density at radius 3 is 2.31 bits per heavy atom. The fourth-order valence-electron chi connectivity index (χ4n) is 3.12. The Morgan fingerprint density at radius 2 is 1.62 bits per heavy atom. The van der Waals surface area contributed by atoms with Crippen LogP contribution < -0.4 is 5.32 Å². The van der Waals surface area contributed by atoms with Gasteiger partial charge in [0.05, 0.1) is 22.3 Å². The summed E-state index contributed by atoms with van der Waals surface area (Å²) in [5, 5.41) is 3.67. The lowest BCUT2D eigenvalue weighted by Gasteiger charge is -2.22. The Bertz CT molecular complexity index is 1020. The van der Waals surface area contributed by atoms with Crippen molar-refractivity contribution in [2.75, 3.05) is 5.32 Å². The SMILES string of the molecule is C[C@H](C(=O)Nc1cccc2cccnc12)N1C(=O)c2ccccc2C1=O. The van der Waals surface area contributed by atoms with Crippen LogP contribution in [0.3, 0.4) is 0 Å². The van der Waals surface area contributed by atoms with Gasteiger partial charge in [0, 0.05) is 11.6 Å². The largest absolute Gasteiger partial charge is 0.322 e. The quantitative estimate of drug-likeness (QED) is 0.740. The Kier molecular flexibility index (Phi) is 3.73. The van der Waals surface area contributed by atoms with E-state index in [-0.39, 0.29) is 0 Å². The van der Waals surface area contributed by atoms with Crippen LogP contribution in [-0.4, -0.2) is 33.6 Å². The van der Waals surface area contributed by atoms with Crippen molar-refractivity contribution in [2.45, 2.75) is 13.0 Å². The zero-order valence-electron chi connectivity index (χ0n) is 14.0. The number of carbonyl (C=O) groups is 3. The van der Waals surface area contributed by atoms with Crippen molar-refractivity contribution in [3.8, 4) is 0 Å². The predicted molar refractivity (Wildman–Crippen MR) is 96.8 cm³/mol. The number of hydrogen-bond acceptors (Lipinski definition) is 4. The van der Waals surface area contributed by atoms with Crippen molar-refractivity contribution >= 4 is 34.3 Å². The highest BCUT2D eigenvalue weighted by Gasteiger charge is 2.40. The van der Waals surface area contributed by atoms with E-state index in [1.54, 1.807) is 36.5 Å². The molecule has 0 aliphatic carbocycles. The number of nitrogens with one attached hydrogen (secondary N) is 1. The first-order valence-corrected chi connectivity index (χ1v) is 8.19. The van der Waals surface area contributed by atoms with Gasteiger partial charge in [0.1, 0.15) is 6.04 Å². The molecule has 6 nitrogen and oxygen atoms in total. The molecule has 26 heavy (non-hydrogen) atoms. The first-order valence-electron chi connectivity index (χ1n) is 8.19. The molecule has 0 saturated heterocycles. The fraction of sp³-hybridized carbons (Fsp3) is 0.100. The number of carbonyl (C=O) groups excluding carboxylic acids is 3. The van der Waals surface area contributed by atoms with E-state index in [1.807, 2.05) is 24.3 Å². The highest BCUT2D eigenvalue weighted by molar-refractivity contribution is 6.23. The Balaban J connectivity index is 1.61. The van der Waals surface area contributed by atoms with Gasteiger partial charge >= 0.3 is 0 Å². The summed E-state index contributed by atoms with van der Waals surface area (Å²) >= 11 is 0. The van der Waals surface area contributed by atoms with Crippen LogP contribution in [-0.2, 0) is 4.79 Å². The molecule has 1 atom stereocenters. The molecule has 1 aromatic heterocycles. The number of rotatable bonds is 3. The van der Waals surface area contributed by atoms with Crippen LogP contribution in [0.5, 0.6) is 0 Å². The number of fused-ring (bicyclic) bond motifs is 2. The van der Waals surface area contributed by atoms with Gasteiger partial charge in [-0.3, -0.25) is 24.3 Å². The molecule has 2 aromatic carbocycles. The smallest absolute Gasteiger partial charge is 0.262 e. The summed E-state index contributed by atoms with van der Waals surface area (Å²) in [6, 6.07) is 14.8. The van der Waals surface area contributed by atoms with Crippen molar-refractivity contribution in [1.82, 2.24) is 9.88 Å². The molecule has 1 aliphatic rings. The van der Waals surface area contributed by atoms with E-state index in [0.717, 1.165) is 10.3 Å². The maximum absolute atomic E-state index is 12.7. The van der Waals surface area contributed by atoms with E-state index < -0.39 is 23.8 Å². The van der Waals surface area contributed by atoms with Gasteiger partial charge in [-0.05, 0) is 31.2 Å². The third kappa shape index (κ3) is 2.43. The molecule has 1 aliphatic heterocycles. The summed E-state index contributed by atoms with van der Waals surface area (Å²) in [7, 11) is 0. The predicted octanol–water partition coefficient (Wildman–Crippen LogP) is 2.86. The van der Waals surface area contributed by atoms with Crippen molar-refractivity contribution < 1.29 is 14.4 Å². The third-order valence-electron chi connectivity index (χ3n) is 4.48. The molecular weight excluding hydrogens is 330 g/mol. The summed E-state index contributed by atoms with van der Waals surface area (Å²) in [4.78, 5) is 43.1. The molecule has 0 saturated carbocycles. The summed E-state index contributed by atoms with van der Waals surface area (Å²) in [6.45, 7) is 1.54. The van der Waals surface area contributed by atoms with Gasteiger partial charge in [-0.2, -0.15) is 0 Å². The number of aromatic nitrogens is 1. The van der Waals surface area contributed by atoms with Crippen molar-refractivity contribution in [3.05, 3.63) is 71.9 Å². The minimum absolute atomic E-state index is 0.323. The molecule has 0 bridgehead atoms. The highest BCUT2D eigenvalue weighted by atomic mass is 16.2. The van der Waals surface area contributed by atoms with E-state index in [4.69, 9.17) is 0 Å². The Labute approximate surface area is 149 Å². The highest BCUT2D eigenvalue weighted by Crippen LogP contribution is 2.26. The van der Waals surface area contributed by atoms with E-state index in [9.17, 15) is 14.4 Å². The zero-order chi connectivity index (χ0) is 18.3. The minimum Gasteiger partial charge on any atom is -0.322 e. The molecule has 128 valence electrons. The summed E-state index contributed by atoms with van der Waals surface area (Å²) < 4.78 is 0. The lowest BCUT2D eigenvalue weighted by Crippen LogP contribution is -2.45. The average Bonchev–Trinajstić information content (AvgIpc) is 2.92. The lowest BCUT2D eigenvalue weighted by molar-refractivity contribution is -0.119. The molecule has 3 amide bonds. The molecule has 3 aromatic rings. The number of anilines is 1. The molecule has 6 heteroatoms. The van der Waals surface area contributed by atoms with Crippen LogP contribution in [0.15, 0.2) is 60.8 Å². The standard InChI is InChI=1S/C20H15N3O3/c1-12(23-19(25)14-8-2-3-9-15(14)20(23)26)18(24)22-16-10-4-6-13-7-5-11-21-17(13)16/h2-12H,1H3,(H,22,24)/t12-/m1/s1. The summed E-state index contributed by atoms with van der Waals surface area (Å²) in [5.74, 6) is -1.36. The maximum atomic E-state index is 12.7. The second-order valence-corrected chi connectivity index (χ2v) is 6.07. The number of pyridine rings is 1. The number of nitrogens with zero attached hydrogens (tertiary/aromatic N) is 2. The lowest BCUT2D eigenvalue weighted by atomic mass is 10.1. The molecule has 1 N–H and O–H groups in total. The second kappa shape index (κ2) is 6.07. The fourth-order valence-corrected chi connectivity index (χ4v) is 3.12. The Hall–Kier alpha value is -3.54. The van der Waals surface area contributed by atoms with Gasteiger partial charge in [-0.15, -0.1) is 0 Å². The molecule has 0 fully saturated rings. The number of imide groups is 1. The van der Waals surface area contributed by atoms with Crippen molar-refractivity contribution in [3.63, 3.8) is 0 Å². The van der Waals surface area contributed by atoms with Crippen molar-refractivity contribution in [2.24, 2.45) is 0 Å². The molecule has 0 unspecified atom stereocenters. The Morgan fingerprint density at radius 1 is 0.962 bits per heavy atom. The summed E-state index contributed by atoms with van der Waals surface area (Å²) in [6.07, 6.45) is 1.64. The maximum Gasteiger partial charge on any atom is 0.262 e. The number of hydrogen-bond donors (Lipinski definition) is 1. The van der Waals surface area contributed by atoms with Crippen LogP contribution >= 0.6 is 0 Å². The van der Waals surface area contributed by atoms with Gasteiger partial charge in [0.15, 0.2) is 0 Å². The topological polar surface area (TPSA) is 79.4 Å². The minimum atomic E-state index is -0.943. The molecular formula is C20H15N3O3. The van der Waals surface area contributed by atoms with E-state index in [2.05, 4.69) is 10.3 Å². The second-order valence-electron chi connectivity index (χ2n) is 6.07. The normalized spacial score (nSPS) is 14.4. The van der Waals surface area contributed by atoms with Crippen molar-refractivity contribution in [1.29, 1.82) is 0 Å². The van der Waals surface area contributed by atoms with E-state index in [1.165, 1.54) is 6.92 Å². The van der Waals surface area contributed by atoms with Crippen LogP contribution in [0.1, 0.15) is 27.6 Å². The van der Waals surface area contributed by atoms with Crippen LogP contribution in [0.2, 0.25) is 0 Å². The monoisotopic (exact) mass is 345 g/mol. The molecule has 0 spiro atoms.